The third-order valence-electron chi connectivity index (χ3n) is 2.46. The zero-order chi connectivity index (χ0) is 13.3. The molecule has 0 heterocycles. The van der Waals surface area contributed by atoms with Crippen LogP contribution in [0.25, 0.3) is 11.1 Å². The van der Waals surface area contributed by atoms with Gasteiger partial charge in [0.15, 0.2) is 0 Å². The number of amides is 1. The smallest absolute Gasteiger partial charge is 0.248 e. The zero-order valence-electron chi connectivity index (χ0n) is 9.08. The van der Waals surface area contributed by atoms with E-state index in [1.54, 1.807) is 0 Å². The largest absolute Gasteiger partial charge is 0.366 e. The number of rotatable bonds is 2. The summed E-state index contributed by atoms with van der Waals surface area (Å²) in [6.07, 6.45) is 0. The Morgan fingerprint density at radius 2 is 1.56 bits per heavy atom. The van der Waals surface area contributed by atoms with Gasteiger partial charge in [0.05, 0.1) is 5.56 Å². The highest BCUT2D eigenvalue weighted by molar-refractivity contribution is 6.30. The van der Waals surface area contributed by atoms with Crippen molar-refractivity contribution in [3.8, 4) is 11.1 Å². The first-order chi connectivity index (χ1) is 8.49. The highest BCUT2D eigenvalue weighted by atomic mass is 35.5. The fourth-order valence-corrected chi connectivity index (χ4v) is 1.73. The quantitative estimate of drug-likeness (QED) is 0.890. The van der Waals surface area contributed by atoms with Gasteiger partial charge in [0.1, 0.15) is 11.6 Å². The normalized spacial score (nSPS) is 10.4. The molecular formula is C13H8ClF2NO. The minimum atomic E-state index is -0.879. The fourth-order valence-electron chi connectivity index (χ4n) is 1.61. The Kier molecular flexibility index (Phi) is 3.30. The Bertz CT molecular complexity index is 588. The van der Waals surface area contributed by atoms with E-state index in [9.17, 15) is 13.6 Å². The van der Waals surface area contributed by atoms with Crippen molar-refractivity contribution in [2.24, 2.45) is 5.73 Å². The lowest BCUT2D eigenvalue weighted by molar-refractivity contribution is 0.0999. The summed E-state index contributed by atoms with van der Waals surface area (Å²) in [5.41, 5.74) is 4.89. The first kappa shape index (κ1) is 12.5. The summed E-state index contributed by atoms with van der Waals surface area (Å²) in [6.45, 7) is 0. The number of primary amides is 1. The van der Waals surface area contributed by atoms with E-state index >= 15 is 0 Å². The van der Waals surface area contributed by atoms with Crippen LogP contribution in [0.2, 0.25) is 5.02 Å². The number of nitrogens with two attached hydrogens (primary N) is 1. The molecule has 0 aliphatic carbocycles. The zero-order valence-corrected chi connectivity index (χ0v) is 9.84. The molecule has 2 rings (SSSR count). The second-order valence-corrected chi connectivity index (χ2v) is 4.12. The molecule has 2 aromatic rings. The van der Waals surface area contributed by atoms with E-state index in [0.717, 1.165) is 12.1 Å². The Hall–Kier alpha value is -1.94. The number of halogens is 3. The Morgan fingerprint density at radius 3 is 2.00 bits per heavy atom. The van der Waals surface area contributed by atoms with E-state index < -0.39 is 17.5 Å². The molecular weight excluding hydrogens is 260 g/mol. The van der Waals surface area contributed by atoms with E-state index in [1.807, 2.05) is 0 Å². The fraction of sp³-hybridized carbons (Fsp3) is 0. The summed E-state index contributed by atoms with van der Waals surface area (Å²) in [6, 6.07) is 7.86. The van der Waals surface area contributed by atoms with Gasteiger partial charge in [-0.25, -0.2) is 8.78 Å². The van der Waals surface area contributed by atoms with Crippen LogP contribution in [0.1, 0.15) is 10.4 Å². The molecule has 5 heteroatoms. The third kappa shape index (κ3) is 2.33. The minimum absolute atomic E-state index is 0.206. The van der Waals surface area contributed by atoms with Crippen molar-refractivity contribution in [2.45, 2.75) is 0 Å². The molecule has 0 bridgehead atoms. The molecule has 0 aromatic heterocycles. The molecule has 0 unspecified atom stereocenters. The van der Waals surface area contributed by atoms with Crippen molar-refractivity contribution < 1.29 is 13.6 Å². The monoisotopic (exact) mass is 267 g/mol. The highest BCUT2D eigenvalue weighted by Crippen LogP contribution is 2.28. The number of hydrogen-bond donors (Lipinski definition) is 1. The van der Waals surface area contributed by atoms with Crippen molar-refractivity contribution in [2.75, 3.05) is 0 Å². The van der Waals surface area contributed by atoms with E-state index in [0.29, 0.717) is 10.6 Å². The lowest BCUT2D eigenvalue weighted by Crippen LogP contribution is -2.12. The Labute approximate surface area is 107 Å². The van der Waals surface area contributed by atoms with Gasteiger partial charge >= 0.3 is 0 Å². The van der Waals surface area contributed by atoms with E-state index in [4.69, 9.17) is 17.3 Å². The maximum Gasteiger partial charge on any atom is 0.248 e. The van der Waals surface area contributed by atoms with Gasteiger partial charge < -0.3 is 5.73 Å². The minimum Gasteiger partial charge on any atom is -0.366 e. The SMILES string of the molecule is NC(=O)c1cc(F)c(-c2ccc(Cl)cc2)c(F)c1. The Balaban J connectivity index is 2.58. The van der Waals surface area contributed by atoms with Crippen molar-refractivity contribution >= 4 is 17.5 Å². The van der Waals surface area contributed by atoms with Crippen LogP contribution in [-0.4, -0.2) is 5.91 Å². The van der Waals surface area contributed by atoms with Gasteiger partial charge in [-0.05, 0) is 29.8 Å². The average molecular weight is 268 g/mol. The van der Waals surface area contributed by atoms with Crippen LogP contribution in [0.4, 0.5) is 8.78 Å². The van der Waals surface area contributed by atoms with Crippen LogP contribution in [-0.2, 0) is 0 Å². The maximum atomic E-state index is 13.8. The molecule has 92 valence electrons. The molecule has 2 aromatic carbocycles. The van der Waals surface area contributed by atoms with Crippen molar-refractivity contribution in [1.82, 2.24) is 0 Å². The molecule has 0 aliphatic heterocycles. The van der Waals surface area contributed by atoms with Gasteiger partial charge in [0, 0.05) is 10.6 Å². The molecule has 2 nitrogen and oxygen atoms in total. The molecule has 2 N–H and O–H groups in total. The molecule has 18 heavy (non-hydrogen) atoms. The first-order valence-corrected chi connectivity index (χ1v) is 5.41. The molecule has 0 saturated heterocycles. The van der Waals surface area contributed by atoms with Gasteiger partial charge in [0.25, 0.3) is 0 Å². The summed E-state index contributed by atoms with van der Waals surface area (Å²) >= 11 is 5.70. The molecule has 0 fully saturated rings. The molecule has 0 atom stereocenters. The predicted octanol–water partition coefficient (Wildman–Crippen LogP) is 3.38. The van der Waals surface area contributed by atoms with Crippen LogP contribution < -0.4 is 5.73 Å². The van der Waals surface area contributed by atoms with Crippen LogP contribution in [0, 0.1) is 11.6 Å². The van der Waals surface area contributed by atoms with Crippen molar-refractivity contribution in [1.29, 1.82) is 0 Å². The number of hydrogen-bond acceptors (Lipinski definition) is 1. The first-order valence-electron chi connectivity index (χ1n) is 5.04. The van der Waals surface area contributed by atoms with Gasteiger partial charge in [-0.3, -0.25) is 4.79 Å². The summed E-state index contributed by atoms with van der Waals surface area (Å²) in [5.74, 6) is -2.56. The van der Waals surface area contributed by atoms with Crippen LogP contribution in [0.3, 0.4) is 0 Å². The summed E-state index contributed by atoms with van der Waals surface area (Å²) < 4.78 is 27.6. The number of carbonyl (C=O) groups is 1. The van der Waals surface area contributed by atoms with E-state index in [2.05, 4.69) is 0 Å². The van der Waals surface area contributed by atoms with Gasteiger partial charge in [0.2, 0.25) is 5.91 Å². The van der Waals surface area contributed by atoms with Crippen LogP contribution >= 0.6 is 11.6 Å². The standard InChI is InChI=1S/C13H8ClF2NO/c14-9-3-1-7(2-4-9)12-10(15)5-8(13(17)18)6-11(12)16/h1-6H,(H2,17,18). The molecule has 0 saturated carbocycles. The second-order valence-electron chi connectivity index (χ2n) is 3.69. The third-order valence-corrected chi connectivity index (χ3v) is 2.71. The lowest BCUT2D eigenvalue weighted by Gasteiger charge is -2.07. The van der Waals surface area contributed by atoms with E-state index in [-0.39, 0.29) is 11.1 Å². The van der Waals surface area contributed by atoms with Gasteiger partial charge in [-0.2, -0.15) is 0 Å². The van der Waals surface area contributed by atoms with Crippen LogP contribution in [0.5, 0.6) is 0 Å². The Morgan fingerprint density at radius 1 is 1.06 bits per heavy atom. The average Bonchev–Trinajstić information content (AvgIpc) is 2.30. The molecule has 0 radical (unpaired) electrons. The molecule has 0 aliphatic rings. The summed E-state index contributed by atoms with van der Waals surface area (Å²) in [4.78, 5) is 10.9. The lowest BCUT2D eigenvalue weighted by atomic mass is 10.0. The second kappa shape index (κ2) is 4.74. The van der Waals surface area contributed by atoms with E-state index in [1.165, 1.54) is 24.3 Å². The highest BCUT2D eigenvalue weighted by Gasteiger charge is 2.15. The molecule has 1 amide bonds. The number of carbonyl (C=O) groups excluding carboxylic acids is 1. The maximum absolute atomic E-state index is 13.8. The van der Waals surface area contributed by atoms with Gasteiger partial charge in [-0.1, -0.05) is 23.7 Å². The summed E-state index contributed by atoms with van der Waals surface area (Å²) in [7, 11) is 0. The number of benzene rings is 2. The van der Waals surface area contributed by atoms with Gasteiger partial charge in [-0.15, -0.1) is 0 Å². The predicted molar refractivity (Wildman–Crippen MR) is 65.3 cm³/mol. The summed E-state index contributed by atoms with van der Waals surface area (Å²) in [5, 5.41) is 0.466. The van der Waals surface area contributed by atoms with Crippen molar-refractivity contribution in [3.05, 3.63) is 58.6 Å². The van der Waals surface area contributed by atoms with Crippen molar-refractivity contribution in [3.63, 3.8) is 0 Å². The molecule has 0 spiro atoms. The van der Waals surface area contributed by atoms with Crippen LogP contribution in [0.15, 0.2) is 36.4 Å². The topological polar surface area (TPSA) is 43.1 Å².